The van der Waals surface area contributed by atoms with Crippen LogP contribution in [-0.4, -0.2) is 0 Å². The molecule has 2 rings (SSSR count). The molecule has 0 unspecified atom stereocenters. The molecule has 0 bridgehead atoms. The number of hydrogen-bond acceptors (Lipinski definition) is 0. The Morgan fingerprint density at radius 2 is 1.62 bits per heavy atom. The third kappa shape index (κ3) is 2.33. The van der Waals surface area contributed by atoms with Crippen LogP contribution in [0.3, 0.4) is 0 Å². The van der Waals surface area contributed by atoms with Gasteiger partial charge in [-0.2, -0.15) is 0 Å². The van der Waals surface area contributed by atoms with Crippen molar-refractivity contribution in [2.45, 2.75) is 26.7 Å². The zero-order chi connectivity index (χ0) is 11.4. The fraction of sp³-hybridized carbons (Fsp3) is 0.250. The molecule has 0 spiro atoms. The summed E-state index contributed by atoms with van der Waals surface area (Å²) in [6, 6.07) is 17.3. The predicted molar refractivity (Wildman–Crippen MR) is 69.8 cm³/mol. The molecule has 0 fully saturated rings. The highest BCUT2D eigenvalue weighted by Gasteiger charge is 2.03. The topological polar surface area (TPSA) is 0 Å². The molecule has 0 amide bonds. The van der Waals surface area contributed by atoms with Crippen LogP contribution in [0.15, 0.2) is 48.5 Å². The predicted octanol–water partition coefficient (Wildman–Crippen LogP) is 4.15. The Morgan fingerprint density at radius 3 is 2.31 bits per heavy atom. The summed E-state index contributed by atoms with van der Waals surface area (Å²) in [5, 5.41) is 0. The molecule has 82 valence electrons. The van der Waals surface area contributed by atoms with Gasteiger partial charge in [0.05, 0.1) is 0 Å². The van der Waals surface area contributed by atoms with E-state index in [0.717, 1.165) is 12.8 Å². The largest absolute Gasteiger partial charge is 0.0622 e. The minimum Gasteiger partial charge on any atom is -0.0622 e. The molecule has 0 heterocycles. The van der Waals surface area contributed by atoms with E-state index in [0.29, 0.717) is 0 Å². The van der Waals surface area contributed by atoms with Gasteiger partial charge >= 0.3 is 0 Å². The van der Waals surface area contributed by atoms with Crippen LogP contribution in [0.25, 0.3) is 0 Å². The summed E-state index contributed by atoms with van der Waals surface area (Å²) in [5.74, 6) is 0. The van der Waals surface area contributed by atoms with E-state index in [4.69, 9.17) is 0 Å². The molecule has 0 atom stereocenters. The van der Waals surface area contributed by atoms with Gasteiger partial charge in [0.25, 0.3) is 0 Å². The van der Waals surface area contributed by atoms with Crippen LogP contribution in [0.1, 0.15) is 29.2 Å². The van der Waals surface area contributed by atoms with E-state index in [1.54, 1.807) is 0 Å². The van der Waals surface area contributed by atoms with Crippen LogP contribution in [0.2, 0.25) is 0 Å². The lowest BCUT2D eigenvalue weighted by Gasteiger charge is -2.10. The van der Waals surface area contributed by atoms with Crippen LogP contribution in [-0.2, 0) is 12.8 Å². The minimum absolute atomic E-state index is 1.05. The Kier molecular flexibility index (Phi) is 3.40. The summed E-state index contributed by atoms with van der Waals surface area (Å²) in [6.45, 7) is 4.43. The lowest BCUT2D eigenvalue weighted by atomic mass is 9.95. The molecule has 0 aliphatic heterocycles. The molecule has 2 aromatic carbocycles. The summed E-state index contributed by atoms with van der Waals surface area (Å²) in [5.41, 5.74) is 5.78. The molecule has 0 aromatic heterocycles. The fourth-order valence-electron chi connectivity index (χ4n) is 2.25. The van der Waals surface area contributed by atoms with Crippen molar-refractivity contribution in [2.24, 2.45) is 0 Å². The SMILES string of the molecule is CCc1c(C)cccc1Cc1ccccc1. The average molecular weight is 210 g/mol. The molecular formula is C16H18. The maximum atomic E-state index is 2.25. The van der Waals surface area contributed by atoms with Crippen molar-refractivity contribution in [1.29, 1.82) is 0 Å². The number of hydrogen-bond donors (Lipinski definition) is 0. The number of aryl methyl sites for hydroxylation is 1. The van der Waals surface area contributed by atoms with Gasteiger partial charge in [-0.05, 0) is 42.0 Å². The summed E-state index contributed by atoms with van der Waals surface area (Å²) in [7, 11) is 0. The maximum Gasteiger partial charge on any atom is -0.00229 e. The van der Waals surface area contributed by atoms with Crippen molar-refractivity contribution in [1.82, 2.24) is 0 Å². The molecular weight excluding hydrogens is 192 g/mol. The molecule has 0 saturated carbocycles. The minimum atomic E-state index is 1.05. The van der Waals surface area contributed by atoms with Crippen LogP contribution in [0.5, 0.6) is 0 Å². The van der Waals surface area contributed by atoms with Crippen molar-refractivity contribution in [2.75, 3.05) is 0 Å². The summed E-state index contributed by atoms with van der Waals surface area (Å²) < 4.78 is 0. The van der Waals surface area contributed by atoms with E-state index in [9.17, 15) is 0 Å². The molecule has 0 N–H and O–H groups in total. The highest BCUT2D eigenvalue weighted by molar-refractivity contribution is 5.37. The van der Waals surface area contributed by atoms with Gasteiger partial charge in [-0.25, -0.2) is 0 Å². The standard InChI is InChI=1S/C16H18/c1-3-16-13(2)8-7-11-15(16)12-14-9-5-4-6-10-14/h4-11H,3,12H2,1-2H3. The van der Waals surface area contributed by atoms with Gasteiger partial charge in [-0.15, -0.1) is 0 Å². The van der Waals surface area contributed by atoms with Gasteiger partial charge in [0.2, 0.25) is 0 Å². The first-order valence-electron chi connectivity index (χ1n) is 5.92. The Balaban J connectivity index is 2.31. The molecule has 0 saturated heterocycles. The van der Waals surface area contributed by atoms with Crippen molar-refractivity contribution in [3.8, 4) is 0 Å². The maximum absolute atomic E-state index is 2.25. The molecule has 16 heavy (non-hydrogen) atoms. The average Bonchev–Trinajstić information content (AvgIpc) is 2.31. The number of benzene rings is 2. The first-order valence-corrected chi connectivity index (χ1v) is 5.92. The highest BCUT2D eigenvalue weighted by atomic mass is 14.1. The second-order valence-corrected chi connectivity index (χ2v) is 4.23. The first kappa shape index (κ1) is 10.9. The zero-order valence-electron chi connectivity index (χ0n) is 10.0. The van der Waals surface area contributed by atoms with Gasteiger partial charge in [0.1, 0.15) is 0 Å². The van der Waals surface area contributed by atoms with Crippen LogP contribution in [0.4, 0.5) is 0 Å². The normalized spacial score (nSPS) is 10.4. The zero-order valence-corrected chi connectivity index (χ0v) is 10.0. The van der Waals surface area contributed by atoms with Gasteiger partial charge in [-0.3, -0.25) is 0 Å². The molecule has 0 heteroatoms. The summed E-state index contributed by atoms with van der Waals surface area (Å²) in [4.78, 5) is 0. The molecule has 0 radical (unpaired) electrons. The third-order valence-electron chi connectivity index (χ3n) is 3.10. The highest BCUT2D eigenvalue weighted by Crippen LogP contribution is 2.18. The number of rotatable bonds is 3. The van der Waals surface area contributed by atoms with Crippen LogP contribution >= 0.6 is 0 Å². The molecule has 2 aromatic rings. The van der Waals surface area contributed by atoms with Crippen molar-refractivity contribution in [3.05, 3.63) is 70.8 Å². The van der Waals surface area contributed by atoms with Crippen molar-refractivity contribution >= 4 is 0 Å². The van der Waals surface area contributed by atoms with E-state index in [1.165, 1.54) is 22.3 Å². The van der Waals surface area contributed by atoms with Crippen molar-refractivity contribution < 1.29 is 0 Å². The first-order chi connectivity index (χ1) is 7.81. The van der Waals surface area contributed by atoms with Gasteiger partial charge in [-0.1, -0.05) is 55.5 Å². The molecule has 0 nitrogen and oxygen atoms in total. The van der Waals surface area contributed by atoms with Gasteiger partial charge < -0.3 is 0 Å². The lowest BCUT2D eigenvalue weighted by Crippen LogP contribution is -1.97. The van der Waals surface area contributed by atoms with Gasteiger partial charge in [0.15, 0.2) is 0 Å². The monoisotopic (exact) mass is 210 g/mol. The second kappa shape index (κ2) is 4.98. The van der Waals surface area contributed by atoms with E-state index >= 15 is 0 Å². The Bertz CT molecular complexity index is 455. The smallest absolute Gasteiger partial charge is 0.00229 e. The quantitative estimate of drug-likeness (QED) is 0.714. The third-order valence-corrected chi connectivity index (χ3v) is 3.10. The van der Waals surface area contributed by atoms with E-state index in [1.807, 2.05) is 0 Å². The Morgan fingerprint density at radius 1 is 0.875 bits per heavy atom. The molecule has 0 aliphatic carbocycles. The molecule has 0 aliphatic rings. The lowest BCUT2D eigenvalue weighted by molar-refractivity contribution is 1.04. The van der Waals surface area contributed by atoms with Crippen LogP contribution < -0.4 is 0 Å². The van der Waals surface area contributed by atoms with E-state index < -0.39 is 0 Å². The summed E-state index contributed by atoms with van der Waals surface area (Å²) in [6.07, 6.45) is 2.17. The fourth-order valence-corrected chi connectivity index (χ4v) is 2.25. The van der Waals surface area contributed by atoms with E-state index in [2.05, 4.69) is 62.4 Å². The van der Waals surface area contributed by atoms with Crippen molar-refractivity contribution in [3.63, 3.8) is 0 Å². The second-order valence-electron chi connectivity index (χ2n) is 4.23. The Labute approximate surface area is 97.9 Å². The summed E-state index contributed by atoms with van der Waals surface area (Å²) >= 11 is 0. The van der Waals surface area contributed by atoms with Crippen LogP contribution in [0, 0.1) is 6.92 Å². The Hall–Kier alpha value is -1.56. The van der Waals surface area contributed by atoms with Gasteiger partial charge in [0, 0.05) is 0 Å². The van der Waals surface area contributed by atoms with E-state index in [-0.39, 0.29) is 0 Å².